The monoisotopic (exact) mass is 469 g/mol. The van der Waals surface area contributed by atoms with Gasteiger partial charge in [-0.3, -0.25) is 15.3 Å². The van der Waals surface area contributed by atoms with Crippen molar-refractivity contribution in [3.05, 3.63) is 60.2 Å². The summed E-state index contributed by atoms with van der Waals surface area (Å²) in [6.45, 7) is 2.14. The van der Waals surface area contributed by atoms with Crippen molar-refractivity contribution in [2.75, 3.05) is 24.5 Å². The molecule has 11 nitrogen and oxygen atoms in total. The number of rotatable bonds is 8. The molecule has 1 fully saturated rings. The maximum absolute atomic E-state index is 15.0. The van der Waals surface area contributed by atoms with Crippen LogP contribution in [0.3, 0.4) is 0 Å². The highest BCUT2D eigenvalue weighted by Crippen LogP contribution is 2.32. The number of hydrogen-bond donors (Lipinski definition) is 2. The van der Waals surface area contributed by atoms with Crippen LogP contribution in [-0.2, 0) is 17.8 Å². The Balaban J connectivity index is 1.25. The zero-order valence-corrected chi connectivity index (χ0v) is 17.9. The molecule has 0 radical (unpaired) electrons. The molecule has 13 heteroatoms. The second-order valence-electron chi connectivity index (χ2n) is 7.92. The van der Waals surface area contributed by atoms with Gasteiger partial charge < -0.3 is 10.1 Å². The van der Waals surface area contributed by atoms with E-state index in [-0.39, 0.29) is 30.4 Å². The minimum atomic E-state index is -1.12. The Morgan fingerprint density at radius 2 is 2.12 bits per heavy atom. The lowest BCUT2D eigenvalue weighted by atomic mass is 10.1. The number of hydrogen-bond acceptors (Lipinski definition) is 9. The van der Waals surface area contributed by atoms with E-state index in [9.17, 15) is 13.6 Å². The molecule has 3 aromatic rings. The maximum atomic E-state index is 15.0. The zero-order valence-electron chi connectivity index (χ0n) is 17.9. The first-order chi connectivity index (χ1) is 16.6. The molecule has 4 heterocycles. The van der Waals surface area contributed by atoms with E-state index in [4.69, 9.17) is 4.74 Å². The number of halogens is 2. The largest absolute Gasteiger partial charge is 0.442 e. The summed E-state index contributed by atoms with van der Waals surface area (Å²) in [6.07, 6.45) is 3.31. The van der Waals surface area contributed by atoms with E-state index in [0.29, 0.717) is 25.2 Å². The van der Waals surface area contributed by atoms with Gasteiger partial charge >= 0.3 is 6.09 Å². The minimum Gasteiger partial charge on any atom is -0.442 e. The number of carbonyl (C=O) groups is 1. The average molecular weight is 469 g/mol. The molecule has 2 atom stereocenters. The Kier molecular flexibility index (Phi) is 6.08. The molecule has 34 heavy (non-hydrogen) atoms. The van der Waals surface area contributed by atoms with E-state index >= 15 is 0 Å². The lowest BCUT2D eigenvalue weighted by Gasteiger charge is -2.16. The SMILES string of the molecule is O=C1OC(Cn2ccnn2)CN1c1ccc(-c2ccc(CNCC3CN=NN3)nc2)c(F)c1F. The van der Waals surface area contributed by atoms with Crippen LogP contribution in [0.5, 0.6) is 0 Å². The van der Waals surface area contributed by atoms with Crippen molar-refractivity contribution in [1.82, 2.24) is 30.7 Å². The molecule has 1 amide bonds. The fourth-order valence-electron chi connectivity index (χ4n) is 3.80. The highest BCUT2D eigenvalue weighted by atomic mass is 19.2. The van der Waals surface area contributed by atoms with Gasteiger partial charge in [0, 0.05) is 36.6 Å². The topological polar surface area (TPSA) is 122 Å². The number of aromatic nitrogens is 4. The molecule has 0 spiro atoms. The Morgan fingerprint density at radius 3 is 2.85 bits per heavy atom. The molecular formula is C21H21F2N9O2. The van der Waals surface area contributed by atoms with Crippen LogP contribution in [0, 0.1) is 11.6 Å². The quantitative estimate of drug-likeness (QED) is 0.518. The molecule has 0 saturated carbocycles. The molecule has 176 valence electrons. The first-order valence-electron chi connectivity index (χ1n) is 10.7. The minimum absolute atomic E-state index is 0.0540. The summed E-state index contributed by atoms with van der Waals surface area (Å²) >= 11 is 0. The average Bonchev–Trinajstić information content (AvgIpc) is 3.60. The van der Waals surface area contributed by atoms with Gasteiger partial charge in [0.15, 0.2) is 11.6 Å². The number of carbonyl (C=O) groups excluding carboxylic acids is 1. The number of nitrogens with one attached hydrogen (secondary N) is 2. The van der Waals surface area contributed by atoms with Crippen LogP contribution in [-0.4, -0.2) is 57.9 Å². The van der Waals surface area contributed by atoms with Crippen molar-refractivity contribution in [3.8, 4) is 11.1 Å². The zero-order chi connectivity index (χ0) is 23.5. The predicted molar refractivity (Wildman–Crippen MR) is 116 cm³/mol. The fraction of sp³-hybridized carbons (Fsp3) is 0.333. The molecule has 0 aliphatic carbocycles. The first kappa shape index (κ1) is 21.8. The summed E-state index contributed by atoms with van der Waals surface area (Å²) in [5.41, 5.74) is 3.94. The predicted octanol–water partition coefficient (Wildman–Crippen LogP) is 2.07. The van der Waals surface area contributed by atoms with E-state index in [1.165, 1.54) is 29.2 Å². The summed E-state index contributed by atoms with van der Waals surface area (Å²) in [4.78, 5) is 17.7. The van der Waals surface area contributed by atoms with Crippen molar-refractivity contribution < 1.29 is 18.3 Å². The number of nitrogens with zero attached hydrogens (tertiary/aromatic N) is 7. The van der Waals surface area contributed by atoms with Crippen molar-refractivity contribution >= 4 is 11.8 Å². The van der Waals surface area contributed by atoms with Crippen LogP contribution in [0.2, 0.25) is 0 Å². The molecule has 2 N–H and O–H groups in total. The van der Waals surface area contributed by atoms with Crippen LogP contribution >= 0.6 is 0 Å². The van der Waals surface area contributed by atoms with Crippen LogP contribution in [0.1, 0.15) is 5.69 Å². The van der Waals surface area contributed by atoms with Crippen molar-refractivity contribution in [2.45, 2.75) is 25.2 Å². The van der Waals surface area contributed by atoms with Crippen LogP contribution in [0.4, 0.5) is 19.3 Å². The fourth-order valence-corrected chi connectivity index (χ4v) is 3.80. The highest BCUT2D eigenvalue weighted by Gasteiger charge is 2.35. The molecule has 2 unspecified atom stereocenters. The van der Waals surface area contributed by atoms with Crippen molar-refractivity contribution in [1.29, 1.82) is 0 Å². The third kappa shape index (κ3) is 4.55. The molecule has 1 saturated heterocycles. The van der Waals surface area contributed by atoms with E-state index in [1.807, 2.05) is 0 Å². The first-order valence-corrected chi connectivity index (χ1v) is 10.7. The third-order valence-electron chi connectivity index (χ3n) is 5.54. The van der Waals surface area contributed by atoms with Gasteiger partial charge in [0.25, 0.3) is 0 Å². The smallest absolute Gasteiger partial charge is 0.414 e. The number of pyridine rings is 1. The van der Waals surface area contributed by atoms with Crippen molar-refractivity contribution in [2.24, 2.45) is 10.3 Å². The van der Waals surface area contributed by atoms with Gasteiger partial charge in [0.1, 0.15) is 6.10 Å². The molecule has 5 rings (SSSR count). The maximum Gasteiger partial charge on any atom is 0.414 e. The van der Waals surface area contributed by atoms with E-state index in [2.05, 4.69) is 36.4 Å². The molecule has 0 bridgehead atoms. The number of ether oxygens (including phenoxy) is 1. The standard InChI is InChI=1S/C21H21F2N9O2/c22-19-17(13-1-2-14(25-7-13)8-24-9-15-10-27-29-28-15)3-4-18(20(19)23)32-12-16(34-21(32)33)11-31-6-5-26-30-31/h1-7,15-16,24H,8-12H2,(H,27,28). The Morgan fingerprint density at radius 1 is 1.21 bits per heavy atom. The summed E-state index contributed by atoms with van der Waals surface area (Å²) in [7, 11) is 0. The van der Waals surface area contributed by atoms with Gasteiger partial charge in [0.2, 0.25) is 0 Å². The number of cyclic esters (lactones) is 1. The van der Waals surface area contributed by atoms with Crippen LogP contribution in [0.15, 0.2) is 53.2 Å². The highest BCUT2D eigenvalue weighted by molar-refractivity contribution is 5.90. The summed E-state index contributed by atoms with van der Waals surface area (Å²) in [5.74, 6) is -2.18. The second kappa shape index (κ2) is 9.47. The van der Waals surface area contributed by atoms with Gasteiger partial charge in [0.05, 0.1) is 43.3 Å². The molecule has 2 aliphatic rings. The summed E-state index contributed by atoms with van der Waals surface area (Å²) in [6, 6.07) is 6.38. The number of anilines is 1. The number of amides is 1. The summed E-state index contributed by atoms with van der Waals surface area (Å²) in [5, 5.41) is 18.3. The summed E-state index contributed by atoms with van der Waals surface area (Å²) < 4.78 is 36.7. The Labute approximate surface area is 192 Å². The second-order valence-corrected chi connectivity index (χ2v) is 7.92. The van der Waals surface area contributed by atoms with Crippen LogP contribution in [0.25, 0.3) is 11.1 Å². The van der Waals surface area contributed by atoms with E-state index in [1.54, 1.807) is 18.3 Å². The molecular weight excluding hydrogens is 448 g/mol. The van der Waals surface area contributed by atoms with Crippen molar-refractivity contribution in [3.63, 3.8) is 0 Å². The van der Waals surface area contributed by atoms with E-state index in [0.717, 1.165) is 10.6 Å². The van der Waals surface area contributed by atoms with Gasteiger partial charge in [-0.2, -0.15) is 5.11 Å². The molecule has 1 aromatic carbocycles. The molecule has 2 aliphatic heterocycles. The lowest BCUT2D eigenvalue weighted by Crippen LogP contribution is -2.34. The van der Waals surface area contributed by atoms with Gasteiger partial charge in [-0.1, -0.05) is 16.5 Å². The third-order valence-corrected chi connectivity index (χ3v) is 5.54. The Hall–Kier alpha value is -4.00. The van der Waals surface area contributed by atoms with E-state index < -0.39 is 23.8 Å². The van der Waals surface area contributed by atoms with Gasteiger partial charge in [-0.25, -0.2) is 18.3 Å². The van der Waals surface area contributed by atoms with Gasteiger partial charge in [-0.05, 0) is 18.2 Å². The van der Waals surface area contributed by atoms with Crippen LogP contribution < -0.4 is 15.6 Å². The van der Waals surface area contributed by atoms with Gasteiger partial charge in [-0.15, -0.1) is 5.10 Å². The molecule has 2 aromatic heterocycles. The normalized spacial score (nSPS) is 19.5. The number of benzene rings is 1. The Bertz CT molecular complexity index is 1180. The lowest BCUT2D eigenvalue weighted by molar-refractivity contribution is 0.129.